The quantitative estimate of drug-likeness (QED) is 0.703. The highest BCUT2D eigenvalue weighted by Gasteiger charge is 2.17. The second-order valence-electron chi connectivity index (χ2n) is 3.37. The van der Waals surface area contributed by atoms with E-state index in [0.29, 0.717) is 10.0 Å². The first-order valence-electron chi connectivity index (χ1n) is 4.64. The lowest BCUT2D eigenvalue weighted by Gasteiger charge is -2.22. The molecule has 80 valence electrons. The van der Waals surface area contributed by atoms with Crippen LogP contribution in [0.2, 0.25) is 10.0 Å². The molecule has 2 rings (SSSR count). The summed E-state index contributed by atoms with van der Waals surface area (Å²) in [4.78, 5) is 0. The molecule has 0 bridgehead atoms. The van der Waals surface area contributed by atoms with Gasteiger partial charge in [0.1, 0.15) is 6.10 Å². The molecule has 0 saturated heterocycles. The second-order valence-corrected chi connectivity index (χ2v) is 4.96. The topological polar surface area (TPSA) is 9.23 Å². The predicted molar refractivity (Wildman–Crippen MR) is 66.5 cm³/mol. The van der Waals surface area contributed by atoms with Crippen LogP contribution in [0.15, 0.2) is 28.9 Å². The standard InChI is InChI=1S/C11H9BrCl2O/c12-11-3-1-2-10(15-11)7-4-5-8(13)9(14)6-7/h3-6,10H,1-2H2. The Labute approximate surface area is 107 Å². The molecular formula is C11H9BrCl2O. The van der Waals surface area contributed by atoms with Gasteiger partial charge >= 0.3 is 0 Å². The lowest BCUT2D eigenvalue weighted by molar-refractivity contribution is 0.118. The lowest BCUT2D eigenvalue weighted by Crippen LogP contribution is -2.06. The Morgan fingerprint density at radius 1 is 1.27 bits per heavy atom. The first kappa shape index (κ1) is 11.3. The number of hydrogen-bond acceptors (Lipinski definition) is 1. The van der Waals surface area contributed by atoms with Gasteiger partial charge in [0, 0.05) is 0 Å². The summed E-state index contributed by atoms with van der Waals surface area (Å²) in [6, 6.07) is 5.61. The summed E-state index contributed by atoms with van der Waals surface area (Å²) >= 11 is 15.1. The van der Waals surface area contributed by atoms with Crippen LogP contribution >= 0.6 is 39.1 Å². The monoisotopic (exact) mass is 306 g/mol. The van der Waals surface area contributed by atoms with Gasteiger partial charge in [-0.25, -0.2) is 0 Å². The molecule has 1 aliphatic rings. The molecule has 1 aliphatic heterocycles. The van der Waals surface area contributed by atoms with Crippen molar-refractivity contribution in [2.45, 2.75) is 18.9 Å². The van der Waals surface area contributed by atoms with E-state index in [1.807, 2.05) is 18.2 Å². The lowest BCUT2D eigenvalue weighted by atomic mass is 10.0. The normalized spacial score (nSPS) is 20.7. The predicted octanol–water partition coefficient (Wildman–Crippen LogP) is 5.08. The minimum Gasteiger partial charge on any atom is -0.479 e. The van der Waals surface area contributed by atoms with E-state index >= 15 is 0 Å². The van der Waals surface area contributed by atoms with Gasteiger partial charge in [-0.1, -0.05) is 29.3 Å². The van der Waals surface area contributed by atoms with Crippen LogP contribution in [-0.4, -0.2) is 0 Å². The third-order valence-electron chi connectivity index (χ3n) is 2.30. The summed E-state index contributed by atoms with van der Waals surface area (Å²) in [5, 5.41) is 1.15. The Kier molecular flexibility index (Phi) is 3.60. The maximum absolute atomic E-state index is 5.96. The Morgan fingerprint density at radius 2 is 2.07 bits per heavy atom. The largest absolute Gasteiger partial charge is 0.479 e. The van der Waals surface area contributed by atoms with Crippen molar-refractivity contribution in [1.29, 1.82) is 0 Å². The van der Waals surface area contributed by atoms with E-state index in [4.69, 9.17) is 27.9 Å². The van der Waals surface area contributed by atoms with Crippen molar-refractivity contribution >= 4 is 39.1 Å². The highest BCUT2D eigenvalue weighted by Crippen LogP contribution is 2.34. The molecule has 0 aliphatic carbocycles. The van der Waals surface area contributed by atoms with Gasteiger partial charge in [-0.15, -0.1) is 0 Å². The maximum Gasteiger partial charge on any atom is 0.159 e. The van der Waals surface area contributed by atoms with Crippen molar-refractivity contribution < 1.29 is 4.74 Å². The third kappa shape index (κ3) is 2.68. The summed E-state index contributed by atoms with van der Waals surface area (Å²) in [6.07, 6.45) is 4.06. The molecular weight excluding hydrogens is 299 g/mol. The van der Waals surface area contributed by atoms with E-state index in [1.165, 1.54) is 0 Å². The highest BCUT2D eigenvalue weighted by atomic mass is 79.9. The van der Waals surface area contributed by atoms with E-state index in [0.717, 1.165) is 23.1 Å². The molecule has 0 saturated carbocycles. The van der Waals surface area contributed by atoms with Crippen LogP contribution in [0.5, 0.6) is 0 Å². The van der Waals surface area contributed by atoms with Gasteiger partial charge in [0.15, 0.2) is 4.67 Å². The molecule has 1 aromatic carbocycles. The minimum atomic E-state index is 0.0686. The number of halogens is 3. The van der Waals surface area contributed by atoms with Crippen molar-refractivity contribution in [3.63, 3.8) is 0 Å². The van der Waals surface area contributed by atoms with E-state index < -0.39 is 0 Å². The molecule has 1 nitrogen and oxygen atoms in total. The number of benzene rings is 1. The molecule has 4 heteroatoms. The first-order chi connectivity index (χ1) is 7.16. The first-order valence-corrected chi connectivity index (χ1v) is 6.19. The fourth-order valence-electron chi connectivity index (χ4n) is 1.54. The average Bonchev–Trinajstić information content (AvgIpc) is 2.22. The van der Waals surface area contributed by atoms with Crippen molar-refractivity contribution in [2.24, 2.45) is 0 Å². The third-order valence-corrected chi connectivity index (χ3v) is 3.55. The Morgan fingerprint density at radius 3 is 2.73 bits per heavy atom. The molecule has 0 N–H and O–H groups in total. The van der Waals surface area contributed by atoms with Crippen LogP contribution in [0.3, 0.4) is 0 Å². The second kappa shape index (κ2) is 4.77. The van der Waals surface area contributed by atoms with Crippen LogP contribution in [0.25, 0.3) is 0 Å². The van der Waals surface area contributed by atoms with Crippen molar-refractivity contribution in [2.75, 3.05) is 0 Å². The van der Waals surface area contributed by atoms with Gasteiger partial charge in [0.05, 0.1) is 10.0 Å². The van der Waals surface area contributed by atoms with Crippen LogP contribution in [0.4, 0.5) is 0 Å². The Balaban J connectivity index is 2.23. The minimum absolute atomic E-state index is 0.0686. The SMILES string of the molecule is Clc1ccc(C2CCC=C(Br)O2)cc1Cl. The number of ether oxygens (including phenoxy) is 1. The van der Waals surface area contributed by atoms with Gasteiger partial charge in [-0.3, -0.25) is 0 Å². The zero-order valence-corrected chi connectivity index (χ0v) is 10.9. The van der Waals surface area contributed by atoms with E-state index in [2.05, 4.69) is 15.9 Å². The molecule has 1 atom stereocenters. The van der Waals surface area contributed by atoms with Crippen LogP contribution in [0.1, 0.15) is 24.5 Å². The Hall–Kier alpha value is -0.180. The molecule has 0 spiro atoms. The summed E-state index contributed by atoms with van der Waals surface area (Å²) < 4.78 is 6.44. The van der Waals surface area contributed by atoms with E-state index in [-0.39, 0.29) is 6.10 Å². The molecule has 0 radical (unpaired) electrons. The van der Waals surface area contributed by atoms with Crippen LogP contribution < -0.4 is 0 Å². The fourth-order valence-corrected chi connectivity index (χ4v) is 2.30. The number of rotatable bonds is 1. The molecule has 1 aromatic rings. The molecule has 0 amide bonds. The molecule has 1 heterocycles. The summed E-state index contributed by atoms with van der Waals surface area (Å²) in [7, 11) is 0. The van der Waals surface area contributed by atoms with E-state index in [1.54, 1.807) is 6.07 Å². The van der Waals surface area contributed by atoms with Gasteiger partial charge in [-0.2, -0.15) is 0 Å². The van der Waals surface area contributed by atoms with E-state index in [9.17, 15) is 0 Å². The Bertz CT molecular complexity index is 404. The molecule has 0 fully saturated rings. The summed E-state index contributed by atoms with van der Waals surface area (Å²) in [5.74, 6) is 0. The van der Waals surface area contributed by atoms with Gasteiger partial charge in [0.2, 0.25) is 0 Å². The van der Waals surface area contributed by atoms with Crippen molar-refractivity contribution in [3.8, 4) is 0 Å². The maximum atomic E-state index is 5.96. The number of allylic oxidation sites excluding steroid dienone is 1. The average molecular weight is 308 g/mol. The molecule has 1 unspecified atom stereocenters. The summed E-state index contributed by atoms with van der Waals surface area (Å²) in [5.41, 5.74) is 1.06. The number of hydrogen-bond donors (Lipinski definition) is 0. The zero-order chi connectivity index (χ0) is 10.8. The van der Waals surface area contributed by atoms with Gasteiger partial charge in [-0.05, 0) is 52.5 Å². The highest BCUT2D eigenvalue weighted by molar-refractivity contribution is 9.11. The molecule has 15 heavy (non-hydrogen) atoms. The zero-order valence-electron chi connectivity index (χ0n) is 7.84. The van der Waals surface area contributed by atoms with Crippen molar-refractivity contribution in [3.05, 3.63) is 44.6 Å². The fraction of sp³-hybridized carbons (Fsp3) is 0.273. The summed E-state index contributed by atoms with van der Waals surface area (Å²) in [6.45, 7) is 0. The van der Waals surface area contributed by atoms with Gasteiger partial charge in [0.25, 0.3) is 0 Å². The molecule has 0 aromatic heterocycles. The van der Waals surface area contributed by atoms with Crippen LogP contribution in [-0.2, 0) is 4.74 Å². The smallest absolute Gasteiger partial charge is 0.159 e. The van der Waals surface area contributed by atoms with Crippen LogP contribution in [0, 0.1) is 0 Å². The van der Waals surface area contributed by atoms with Gasteiger partial charge < -0.3 is 4.74 Å². The van der Waals surface area contributed by atoms with Crippen molar-refractivity contribution in [1.82, 2.24) is 0 Å².